The average molecular weight is 219 g/mol. The molecule has 0 aromatic rings. The van der Waals surface area contributed by atoms with Crippen LogP contribution in [0.15, 0.2) is 0 Å². The number of hydrogen-bond acceptors (Lipinski definition) is 3. The number of unbranched alkanes of at least 4 members (excludes halogenated alkanes) is 2. The van der Waals surface area contributed by atoms with Crippen molar-refractivity contribution in [2.24, 2.45) is 0 Å². The maximum absolute atomic E-state index is 11.5. The monoisotopic (exact) mass is 219 g/mol. The first-order valence-electron chi connectivity index (χ1n) is 5.58. The zero-order valence-corrected chi connectivity index (χ0v) is 9.78. The van der Waals surface area contributed by atoms with Gasteiger partial charge in [0.15, 0.2) is 9.84 Å². The molecule has 4 heteroatoms. The largest absolute Gasteiger partial charge is 0.313 e. The smallest absolute Gasteiger partial charge is 0.151 e. The Bertz CT molecular complexity index is 245. The fraction of sp³-hybridized carbons (Fsp3) is 1.00. The van der Waals surface area contributed by atoms with Crippen LogP contribution in [-0.2, 0) is 9.84 Å². The van der Waals surface area contributed by atoms with Crippen LogP contribution in [0.25, 0.3) is 0 Å². The van der Waals surface area contributed by atoms with Crippen molar-refractivity contribution in [1.82, 2.24) is 5.32 Å². The van der Waals surface area contributed by atoms with E-state index in [0.29, 0.717) is 24.1 Å². The van der Waals surface area contributed by atoms with Gasteiger partial charge in [0, 0.05) is 12.6 Å². The third-order valence-electron chi connectivity index (χ3n) is 2.48. The molecule has 0 aromatic carbocycles. The molecular weight excluding hydrogens is 198 g/mol. The fourth-order valence-corrected chi connectivity index (χ4v) is 2.66. The molecule has 0 unspecified atom stereocenters. The molecule has 0 heterocycles. The summed E-state index contributed by atoms with van der Waals surface area (Å²) in [6, 6.07) is 0.612. The van der Waals surface area contributed by atoms with Crippen molar-refractivity contribution in [1.29, 1.82) is 0 Å². The SMILES string of the molecule is CCCCCS(=O)(=O)CCNC1CC1. The highest BCUT2D eigenvalue weighted by atomic mass is 32.2. The van der Waals surface area contributed by atoms with Crippen molar-refractivity contribution in [3.05, 3.63) is 0 Å². The van der Waals surface area contributed by atoms with E-state index in [0.717, 1.165) is 19.3 Å². The van der Waals surface area contributed by atoms with Crippen LogP contribution in [0.5, 0.6) is 0 Å². The Morgan fingerprint density at radius 1 is 1.21 bits per heavy atom. The Morgan fingerprint density at radius 2 is 1.93 bits per heavy atom. The summed E-state index contributed by atoms with van der Waals surface area (Å²) < 4.78 is 22.9. The highest BCUT2D eigenvalue weighted by molar-refractivity contribution is 7.91. The molecule has 1 fully saturated rings. The first-order chi connectivity index (χ1) is 6.64. The van der Waals surface area contributed by atoms with E-state index < -0.39 is 9.84 Å². The van der Waals surface area contributed by atoms with E-state index >= 15 is 0 Å². The molecule has 0 spiro atoms. The normalized spacial score (nSPS) is 17.2. The summed E-state index contributed by atoms with van der Waals surface area (Å²) in [5.41, 5.74) is 0. The zero-order chi connectivity index (χ0) is 10.4. The molecule has 0 aliphatic heterocycles. The van der Waals surface area contributed by atoms with Gasteiger partial charge in [-0.15, -0.1) is 0 Å². The van der Waals surface area contributed by atoms with Gasteiger partial charge in [-0.2, -0.15) is 0 Å². The molecule has 1 aliphatic carbocycles. The van der Waals surface area contributed by atoms with Crippen molar-refractivity contribution in [2.75, 3.05) is 18.1 Å². The van der Waals surface area contributed by atoms with Crippen molar-refractivity contribution in [2.45, 2.75) is 45.1 Å². The third kappa shape index (κ3) is 5.60. The standard InChI is InChI=1S/C10H21NO2S/c1-2-3-4-8-14(12,13)9-7-11-10-5-6-10/h10-11H,2-9H2,1H3. The first kappa shape index (κ1) is 12.0. The van der Waals surface area contributed by atoms with Crippen LogP contribution >= 0.6 is 0 Å². The average Bonchev–Trinajstić information content (AvgIpc) is 2.88. The molecular formula is C10H21NO2S. The van der Waals surface area contributed by atoms with Crippen LogP contribution in [0.2, 0.25) is 0 Å². The van der Waals surface area contributed by atoms with Crippen molar-refractivity contribution in [3.63, 3.8) is 0 Å². The van der Waals surface area contributed by atoms with Crippen LogP contribution in [0.3, 0.4) is 0 Å². The molecule has 3 nitrogen and oxygen atoms in total. The lowest BCUT2D eigenvalue weighted by Crippen LogP contribution is -2.25. The predicted octanol–water partition coefficient (Wildman–Crippen LogP) is 1.34. The van der Waals surface area contributed by atoms with Crippen LogP contribution < -0.4 is 5.32 Å². The molecule has 1 aliphatic rings. The molecule has 0 saturated heterocycles. The number of nitrogens with one attached hydrogen (secondary N) is 1. The Labute approximate surface area is 87.2 Å². The lowest BCUT2D eigenvalue weighted by atomic mass is 10.3. The second-order valence-electron chi connectivity index (χ2n) is 4.09. The summed E-state index contributed by atoms with van der Waals surface area (Å²) in [5, 5.41) is 3.22. The molecule has 1 N–H and O–H groups in total. The molecule has 0 radical (unpaired) electrons. The minimum atomic E-state index is -2.78. The zero-order valence-electron chi connectivity index (χ0n) is 8.96. The van der Waals surface area contributed by atoms with E-state index in [2.05, 4.69) is 12.2 Å². The van der Waals surface area contributed by atoms with E-state index in [1.807, 2.05) is 0 Å². The highest BCUT2D eigenvalue weighted by Crippen LogP contribution is 2.18. The van der Waals surface area contributed by atoms with Crippen molar-refractivity contribution < 1.29 is 8.42 Å². The van der Waals surface area contributed by atoms with Crippen LogP contribution in [0.4, 0.5) is 0 Å². The van der Waals surface area contributed by atoms with Crippen molar-refractivity contribution in [3.8, 4) is 0 Å². The second-order valence-corrected chi connectivity index (χ2v) is 6.39. The van der Waals surface area contributed by atoms with E-state index in [-0.39, 0.29) is 0 Å². The quantitative estimate of drug-likeness (QED) is 0.627. The van der Waals surface area contributed by atoms with Gasteiger partial charge >= 0.3 is 0 Å². The third-order valence-corrected chi connectivity index (χ3v) is 4.22. The number of hydrogen-bond donors (Lipinski definition) is 1. The van der Waals surface area contributed by atoms with Gasteiger partial charge in [0.2, 0.25) is 0 Å². The Balaban J connectivity index is 2.06. The van der Waals surface area contributed by atoms with E-state index in [1.54, 1.807) is 0 Å². The highest BCUT2D eigenvalue weighted by Gasteiger charge is 2.20. The van der Waals surface area contributed by atoms with Gasteiger partial charge in [0.25, 0.3) is 0 Å². The lowest BCUT2D eigenvalue weighted by Gasteiger charge is -2.04. The summed E-state index contributed by atoms with van der Waals surface area (Å²) in [6.45, 7) is 2.72. The molecule has 0 atom stereocenters. The van der Waals surface area contributed by atoms with Crippen molar-refractivity contribution >= 4 is 9.84 Å². The Kier molecular flexibility index (Phi) is 4.89. The predicted molar refractivity (Wildman–Crippen MR) is 59.2 cm³/mol. The molecule has 0 aromatic heterocycles. The number of sulfone groups is 1. The minimum Gasteiger partial charge on any atom is -0.313 e. The summed E-state index contributed by atoms with van der Waals surface area (Å²) in [7, 11) is -2.78. The maximum atomic E-state index is 11.5. The summed E-state index contributed by atoms with van der Waals surface area (Å²) >= 11 is 0. The van der Waals surface area contributed by atoms with Gasteiger partial charge in [-0.25, -0.2) is 8.42 Å². The second kappa shape index (κ2) is 5.71. The van der Waals surface area contributed by atoms with E-state index in [9.17, 15) is 8.42 Å². The summed E-state index contributed by atoms with van der Waals surface area (Å²) in [6.07, 6.45) is 5.36. The molecule has 1 saturated carbocycles. The van der Waals surface area contributed by atoms with Crippen LogP contribution in [0.1, 0.15) is 39.0 Å². The summed E-state index contributed by atoms with van der Waals surface area (Å²) in [5.74, 6) is 0.681. The van der Waals surface area contributed by atoms with E-state index in [4.69, 9.17) is 0 Å². The van der Waals surface area contributed by atoms with Gasteiger partial charge in [-0.1, -0.05) is 19.8 Å². The first-order valence-corrected chi connectivity index (χ1v) is 7.40. The maximum Gasteiger partial charge on any atom is 0.151 e. The molecule has 0 bridgehead atoms. The molecule has 0 amide bonds. The summed E-state index contributed by atoms with van der Waals surface area (Å²) in [4.78, 5) is 0. The Hall–Kier alpha value is -0.0900. The lowest BCUT2D eigenvalue weighted by molar-refractivity contribution is 0.585. The van der Waals surface area contributed by atoms with E-state index in [1.165, 1.54) is 12.8 Å². The van der Waals surface area contributed by atoms with Gasteiger partial charge in [0.05, 0.1) is 11.5 Å². The van der Waals surface area contributed by atoms with Crippen LogP contribution in [0, 0.1) is 0 Å². The van der Waals surface area contributed by atoms with Gasteiger partial charge in [0.1, 0.15) is 0 Å². The Morgan fingerprint density at radius 3 is 2.50 bits per heavy atom. The number of rotatable bonds is 8. The topological polar surface area (TPSA) is 46.2 Å². The fourth-order valence-electron chi connectivity index (χ4n) is 1.38. The van der Waals surface area contributed by atoms with Gasteiger partial charge < -0.3 is 5.32 Å². The molecule has 14 heavy (non-hydrogen) atoms. The molecule has 84 valence electrons. The minimum absolute atomic E-state index is 0.313. The van der Waals surface area contributed by atoms with Crippen LogP contribution in [-0.4, -0.2) is 32.5 Å². The molecule has 1 rings (SSSR count). The van der Waals surface area contributed by atoms with Gasteiger partial charge in [-0.3, -0.25) is 0 Å². The van der Waals surface area contributed by atoms with Gasteiger partial charge in [-0.05, 0) is 19.3 Å².